The van der Waals surface area contributed by atoms with Crippen LogP contribution in [0.2, 0.25) is 0 Å². The minimum atomic E-state index is -3.56. The molecule has 0 aromatic heterocycles. The van der Waals surface area contributed by atoms with Crippen LogP contribution in [0.1, 0.15) is 25.0 Å². The highest BCUT2D eigenvalue weighted by Crippen LogP contribution is 2.22. The Morgan fingerprint density at radius 2 is 2.00 bits per heavy atom. The van der Waals surface area contributed by atoms with Gasteiger partial charge < -0.3 is 10.5 Å². The van der Waals surface area contributed by atoms with Gasteiger partial charge in [0.2, 0.25) is 10.0 Å². The van der Waals surface area contributed by atoms with E-state index in [1.807, 2.05) is 20.8 Å². The van der Waals surface area contributed by atoms with Crippen LogP contribution in [0.5, 0.6) is 0 Å². The van der Waals surface area contributed by atoms with E-state index in [4.69, 9.17) is 10.5 Å². The third kappa shape index (κ3) is 4.19. The molecule has 1 aromatic carbocycles. The Labute approximate surface area is 115 Å². The van der Waals surface area contributed by atoms with Crippen molar-refractivity contribution in [1.82, 2.24) is 4.72 Å². The summed E-state index contributed by atoms with van der Waals surface area (Å²) >= 11 is 0. The van der Waals surface area contributed by atoms with E-state index >= 15 is 0 Å². The lowest BCUT2D eigenvalue weighted by atomic mass is 10.1. The highest BCUT2D eigenvalue weighted by molar-refractivity contribution is 7.89. The number of benzene rings is 1. The zero-order valence-corrected chi connectivity index (χ0v) is 12.7. The normalized spacial score (nSPS) is 13.5. The average Bonchev–Trinajstić information content (AvgIpc) is 2.31. The van der Waals surface area contributed by atoms with E-state index in [2.05, 4.69) is 4.72 Å². The predicted octanol–water partition coefficient (Wildman–Crippen LogP) is 1.59. The molecule has 0 spiro atoms. The first kappa shape index (κ1) is 15.9. The van der Waals surface area contributed by atoms with E-state index < -0.39 is 10.0 Å². The van der Waals surface area contributed by atoms with E-state index in [1.165, 1.54) is 6.07 Å². The molecule has 0 saturated heterocycles. The molecule has 0 amide bonds. The van der Waals surface area contributed by atoms with Gasteiger partial charge in [-0.25, -0.2) is 13.1 Å². The van der Waals surface area contributed by atoms with Crippen molar-refractivity contribution in [3.63, 3.8) is 0 Å². The lowest BCUT2D eigenvalue weighted by molar-refractivity contribution is 0.0799. The number of nitrogen functional groups attached to an aromatic ring is 1. The van der Waals surface area contributed by atoms with Crippen molar-refractivity contribution in [3.05, 3.63) is 23.3 Å². The van der Waals surface area contributed by atoms with Crippen LogP contribution in [0.4, 0.5) is 5.69 Å². The minimum Gasteiger partial charge on any atom is -0.399 e. The lowest BCUT2D eigenvalue weighted by Crippen LogP contribution is -2.32. The fraction of sp³-hybridized carbons (Fsp3) is 0.538. The molecular weight excluding hydrogens is 264 g/mol. The molecule has 5 nitrogen and oxygen atoms in total. The van der Waals surface area contributed by atoms with Gasteiger partial charge in [0.25, 0.3) is 0 Å². The molecule has 0 radical (unpaired) electrons. The summed E-state index contributed by atoms with van der Waals surface area (Å²) in [6.45, 7) is 8.10. The maximum absolute atomic E-state index is 12.2. The Hall–Kier alpha value is -1.11. The van der Waals surface area contributed by atoms with Gasteiger partial charge in [0.15, 0.2) is 0 Å². The topological polar surface area (TPSA) is 81.4 Å². The highest BCUT2D eigenvalue weighted by Gasteiger charge is 2.19. The second-order valence-electron chi connectivity index (χ2n) is 4.58. The molecule has 0 saturated carbocycles. The van der Waals surface area contributed by atoms with Crippen LogP contribution < -0.4 is 10.5 Å². The van der Waals surface area contributed by atoms with E-state index in [-0.39, 0.29) is 17.5 Å². The van der Waals surface area contributed by atoms with Gasteiger partial charge in [0.05, 0.1) is 11.0 Å². The number of anilines is 1. The van der Waals surface area contributed by atoms with Gasteiger partial charge in [-0.2, -0.15) is 0 Å². The number of aryl methyl sites for hydroxylation is 1. The van der Waals surface area contributed by atoms with Gasteiger partial charge in [0.1, 0.15) is 0 Å². The molecule has 0 aliphatic heterocycles. The molecule has 0 fully saturated rings. The zero-order chi connectivity index (χ0) is 14.6. The van der Waals surface area contributed by atoms with E-state index in [0.29, 0.717) is 17.9 Å². The van der Waals surface area contributed by atoms with Gasteiger partial charge in [-0.15, -0.1) is 0 Å². The van der Waals surface area contributed by atoms with Crippen LogP contribution in [0.3, 0.4) is 0 Å². The molecule has 1 rings (SSSR count). The SMILES string of the molecule is CCOC(C)CNS(=O)(=O)c1cc(N)cc(C)c1C. The summed E-state index contributed by atoms with van der Waals surface area (Å²) < 4.78 is 32.3. The molecule has 3 N–H and O–H groups in total. The van der Waals surface area contributed by atoms with Crippen LogP contribution in [0, 0.1) is 13.8 Å². The molecule has 1 aromatic rings. The number of sulfonamides is 1. The quantitative estimate of drug-likeness (QED) is 0.778. The average molecular weight is 286 g/mol. The summed E-state index contributed by atoms with van der Waals surface area (Å²) in [5.74, 6) is 0. The molecule has 0 aliphatic carbocycles. The number of hydrogen-bond donors (Lipinski definition) is 2. The largest absolute Gasteiger partial charge is 0.399 e. The molecular formula is C13H22N2O3S. The zero-order valence-electron chi connectivity index (χ0n) is 11.9. The van der Waals surface area contributed by atoms with Crippen molar-refractivity contribution in [3.8, 4) is 0 Å². The van der Waals surface area contributed by atoms with Crippen molar-refractivity contribution in [2.75, 3.05) is 18.9 Å². The van der Waals surface area contributed by atoms with E-state index in [0.717, 1.165) is 5.56 Å². The van der Waals surface area contributed by atoms with Crippen molar-refractivity contribution in [1.29, 1.82) is 0 Å². The van der Waals surface area contributed by atoms with Gasteiger partial charge in [-0.05, 0) is 51.0 Å². The Bertz CT molecular complexity index is 541. The Morgan fingerprint density at radius 3 is 2.58 bits per heavy atom. The molecule has 0 heterocycles. The van der Waals surface area contributed by atoms with E-state index in [9.17, 15) is 8.42 Å². The fourth-order valence-electron chi connectivity index (χ4n) is 1.78. The van der Waals surface area contributed by atoms with Gasteiger partial charge in [-0.1, -0.05) is 0 Å². The Kier molecular flexibility index (Phi) is 5.34. The van der Waals surface area contributed by atoms with Crippen molar-refractivity contribution in [2.24, 2.45) is 0 Å². The first-order valence-electron chi connectivity index (χ1n) is 6.26. The predicted molar refractivity (Wildman–Crippen MR) is 76.6 cm³/mol. The molecule has 1 atom stereocenters. The first-order valence-corrected chi connectivity index (χ1v) is 7.74. The molecule has 19 heavy (non-hydrogen) atoms. The molecule has 108 valence electrons. The monoisotopic (exact) mass is 286 g/mol. The fourth-order valence-corrected chi connectivity index (χ4v) is 3.25. The lowest BCUT2D eigenvalue weighted by Gasteiger charge is -2.15. The van der Waals surface area contributed by atoms with Crippen molar-refractivity contribution < 1.29 is 13.2 Å². The van der Waals surface area contributed by atoms with E-state index in [1.54, 1.807) is 13.0 Å². The maximum Gasteiger partial charge on any atom is 0.241 e. The van der Waals surface area contributed by atoms with Crippen LogP contribution in [-0.2, 0) is 14.8 Å². The first-order chi connectivity index (χ1) is 8.77. The summed E-state index contributed by atoms with van der Waals surface area (Å²) in [6.07, 6.45) is -0.165. The molecule has 0 aliphatic rings. The summed E-state index contributed by atoms with van der Waals surface area (Å²) in [4.78, 5) is 0.230. The van der Waals surface area contributed by atoms with Crippen LogP contribution in [0.15, 0.2) is 17.0 Å². The van der Waals surface area contributed by atoms with Crippen LogP contribution in [-0.4, -0.2) is 27.7 Å². The van der Waals surface area contributed by atoms with Crippen molar-refractivity contribution >= 4 is 15.7 Å². The number of rotatable bonds is 6. The number of nitrogens with one attached hydrogen (secondary N) is 1. The smallest absolute Gasteiger partial charge is 0.241 e. The maximum atomic E-state index is 12.2. The molecule has 0 bridgehead atoms. The van der Waals surface area contributed by atoms with Gasteiger partial charge >= 0.3 is 0 Å². The second kappa shape index (κ2) is 6.36. The highest BCUT2D eigenvalue weighted by atomic mass is 32.2. The summed E-state index contributed by atoms with van der Waals surface area (Å²) in [5.41, 5.74) is 7.73. The standard InChI is InChI=1S/C13H22N2O3S/c1-5-18-10(3)8-15-19(16,17)13-7-12(14)6-9(2)11(13)4/h6-7,10,15H,5,8,14H2,1-4H3. The second-order valence-corrected chi connectivity index (χ2v) is 6.31. The summed E-state index contributed by atoms with van der Waals surface area (Å²) in [7, 11) is -3.56. The minimum absolute atomic E-state index is 0.165. The van der Waals surface area contributed by atoms with Crippen LogP contribution in [0.25, 0.3) is 0 Å². The molecule has 1 unspecified atom stereocenters. The van der Waals surface area contributed by atoms with Gasteiger partial charge in [0, 0.05) is 18.8 Å². The Morgan fingerprint density at radius 1 is 1.37 bits per heavy atom. The summed E-state index contributed by atoms with van der Waals surface area (Å²) in [6, 6.07) is 3.24. The Balaban J connectivity index is 2.95. The summed E-state index contributed by atoms with van der Waals surface area (Å²) in [5, 5.41) is 0. The number of nitrogens with two attached hydrogens (primary N) is 1. The number of ether oxygens (including phenoxy) is 1. The molecule has 6 heteroatoms. The third-order valence-corrected chi connectivity index (χ3v) is 4.49. The van der Waals surface area contributed by atoms with Crippen LogP contribution >= 0.6 is 0 Å². The number of hydrogen-bond acceptors (Lipinski definition) is 4. The van der Waals surface area contributed by atoms with Crippen molar-refractivity contribution in [2.45, 2.75) is 38.7 Å². The van der Waals surface area contributed by atoms with Gasteiger partial charge in [-0.3, -0.25) is 0 Å². The third-order valence-electron chi connectivity index (χ3n) is 2.94.